The summed E-state index contributed by atoms with van der Waals surface area (Å²) in [6, 6.07) is 15.8. The molecule has 0 fully saturated rings. The van der Waals surface area contributed by atoms with E-state index in [9.17, 15) is 9.18 Å². The number of likely N-dealkylation sites (N-methyl/N-ethyl adjacent to an activating group) is 2. The Morgan fingerprint density at radius 3 is 2.45 bits per heavy atom. The second-order valence-electron chi connectivity index (χ2n) is 11.9. The third kappa shape index (κ3) is 6.83. The summed E-state index contributed by atoms with van der Waals surface area (Å²) in [5, 5.41) is 8.56. The van der Waals surface area contributed by atoms with Gasteiger partial charge in [-0.1, -0.05) is 62.7 Å². The maximum atomic E-state index is 13.5. The maximum absolute atomic E-state index is 13.5. The Morgan fingerprint density at radius 2 is 1.77 bits per heavy atom. The molecule has 3 heterocycles. The van der Waals surface area contributed by atoms with Crippen molar-refractivity contribution in [1.29, 1.82) is 0 Å². The van der Waals surface area contributed by atoms with Crippen LogP contribution in [0, 0.1) is 5.82 Å². The Labute approximate surface area is 261 Å². The Hall–Kier alpha value is -4.51. The average Bonchev–Trinajstić information content (AvgIpc) is 3.59. The van der Waals surface area contributed by atoms with E-state index in [2.05, 4.69) is 36.2 Å². The minimum absolute atomic E-state index is 0.111. The number of halogens is 2. The number of aromatic nitrogens is 6. The fourth-order valence-electron chi connectivity index (χ4n) is 4.67. The van der Waals surface area contributed by atoms with Crippen LogP contribution in [0.1, 0.15) is 48.1 Å². The molecule has 44 heavy (non-hydrogen) atoms. The lowest BCUT2D eigenvalue weighted by Gasteiger charge is -2.23. The van der Waals surface area contributed by atoms with Gasteiger partial charge < -0.3 is 19.7 Å². The number of anilines is 2. The molecule has 0 atom stereocenters. The largest absolute Gasteiger partial charge is 0.364 e. The lowest BCUT2D eigenvalue weighted by Crippen LogP contribution is -2.36. The molecule has 0 aliphatic heterocycles. The number of benzene rings is 2. The number of aryl methyl sites for hydroxylation is 1. The monoisotopic (exact) mass is 617 g/mol. The normalized spacial score (nSPS) is 11.6. The summed E-state index contributed by atoms with van der Waals surface area (Å²) < 4.78 is 17.0. The predicted octanol–water partition coefficient (Wildman–Crippen LogP) is 5.52. The number of nitrogens with one attached hydrogen (secondary N) is 1. The van der Waals surface area contributed by atoms with Gasteiger partial charge in [-0.2, -0.15) is 15.1 Å². The summed E-state index contributed by atoms with van der Waals surface area (Å²) in [6.45, 7) is 8.03. The standard InChI is InChI=1S/C32H37ClFN9O/c1-32(2,3)26-17-25(42(6)39-26)30(44)40(4)15-16-41(5)31-37-28(35-18-21-11-13-23(34)14-12-21)27-29(38-31)43(20-36-27)19-22-9-7-8-10-24(22)33/h7-14,17,20H,15-16,18-19H2,1-6H3,(H,35,37,38). The molecule has 230 valence electrons. The Morgan fingerprint density at radius 1 is 1.05 bits per heavy atom. The molecule has 10 nitrogen and oxygen atoms in total. The summed E-state index contributed by atoms with van der Waals surface area (Å²) >= 11 is 6.46. The zero-order valence-electron chi connectivity index (χ0n) is 25.8. The first kappa shape index (κ1) is 30.9. The summed E-state index contributed by atoms with van der Waals surface area (Å²) in [5.74, 6) is 0.617. The van der Waals surface area contributed by atoms with Gasteiger partial charge in [-0.15, -0.1) is 0 Å². The highest BCUT2D eigenvalue weighted by Crippen LogP contribution is 2.26. The van der Waals surface area contributed by atoms with Crippen LogP contribution < -0.4 is 10.2 Å². The number of amides is 1. The molecule has 5 rings (SSSR count). The van der Waals surface area contributed by atoms with Gasteiger partial charge in [-0.25, -0.2) is 9.37 Å². The summed E-state index contributed by atoms with van der Waals surface area (Å²) in [6.07, 6.45) is 1.72. The fraction of sp³-hybridized carbons (Fsp3) is 0.344. The van der Waals surface area contributed by atoms with E-state index >= 15 is 0 Å². The molecular formula is C32H37ClFN9O. The zero-order valence-corrected chi connectivity index (χ0v) is 26.6. The number of carbonyl (C=O) groups excluding carboxylic acids is 1. The molecule has 0 saturated heterocycles. The Kier molecular flexibility index (Phi) is 8.87. The minimum atomic E-state index is -0.290. The Balaban J connectivity index is 1.39. The van der Waals surface area contributed by atoms with Crippen LogP contribution in [0.4, 0.5) is 16.2 Å². The number of carbonyl (C=O) groups is 1. The number of imidazole rings is 1. The minimum Gasteiger partial charge on any atom is -0.364 e. The van der Waals surface area contributed by atoms with E-state index in [1.165, 1.54) is 12.1 Å². The highest BCUT2D eigenvalue weighted by Gasteiger charge is 2.24. The van der Waals surface area contributed by atoms with Crippen molar-refractivity contribution >= 4 is 40.4 Å². The molecular weight excluding hydrogens is 581 g/mol. The lowest BCUT2D eigenvalue weighted by atomic mass is 9.92. The number of hydrogen-bond donors (Lipinski definition) is 1. The molecule has 0 spiro atoms. The van der Waals surface area contributed by atoms with Gasteiger partial charge in [0.25, 0.3) is 5.91 Å². The maximum Gasteiger partial charge on any atom is 0.271 e. The van der Waals surface area contributed by atoms with Gasteiger partial charge in [-0.05, 0) is 35.4 Å². The molecule has 0 bridgehead atoms. The van der Waals surface area contributed by atoms with Crippen LogP contribution in [0.25, 0.3) is 11.2 Å². The Bertz CT molecular complexity index is 1780. The van der Waals surface area contributed by atoms with Crippen LogP contribution in [-0.4, -0.2) is 67.3 Å². The second-order valence-corrected chi connectivity index (χ2v) is 12.3. The third-order valence-corrected chi connectivity index (χ3v) is 7.82. The third-order valence-electron chi connectivity index (χ3n) is 7.45. The van der Waals surface area contributed by atoms with E-state index in [1.54, 1.807) is 42.1 Å². The van der Waals surface area contributed by atoms with E-state index < -0.39 is 0 Å². The van der Waals surface area contributed by atoms with E-state index in [4.69, 9.17) is 21.6 Å². The first-order valence-electron chi connectivity index (χ1n) is 14.4. The van der Waals surface area contributed by atoms with Crippen LogP contribution in [0.3, 0.4) is 0 Å². The number of hydrogen-bond acceptors (Lipinski definition) is 7. The van der Waals surface area contributed by atoms with Gasteiger partial charge in [0.05, 0.1) is 18.6 Å². The molecule has 0 unspecified atom stereocenters. The van der Waals surface area contributed by atoms with Crippen molar-refractivity contribution in [3.63, 3.8) is 0 Å². The molecule has 0 aliphatic carbocycles. The molecule has 0 saturated carbocycles. The molecule has 1 N–H and O–H groups in total. The highest BCUT2D eigenvalue weighted by molar-refractivity contribution is 6.31. The molecule has 5 aromatic rings. The van der Waals surface area contributed by atoms with Gasteiger partial charge in [0.15, 0.2) is 17.0 Å². The van der Waals surface area contributed by atoms with Crippen molar-refractivity contribution in [3.8, 4) is 0 Å². The van der Waals surface area contributed by atoms with Crippen LogP contribution in [0.2, 0.25) is 5.02 Å². The van der Waals surface area contributed by atoms with Crippen molar-refractivity contribution in [2.75, 3.05) is 37.4 Å². The zero-order chi connectivity index (χ0) is 31.6. The quantitative estimate of drug-likeness (QED) is 0.220. The van der Waals surface area contributed by atoms with E-state index in [1.807, 2.05) is 46.8 Å². The molecule has 0 aliphatic rings. The van der Waals surface area contributed by atoms with Crippen molar-refractivity contribution in [1.82, 2.24) is 34.2 Å². The van der Waals surface area contributed by atoms with Crippen molar-refractivity contribution in [3.05, 3.63) is 94.3 Å². The van der Waals surface area contributed by atoms with E-state index in [-0.39, 0.29) is 17.1 Å². The fourth-order valence-corrected chi connectivity index (χ4v) is 4.87. The van der Waals surface area contributed by atoms with E-state index in [0.29, 0.717) is 59.8 Å². The van der Waals surface area contributed by atoms with Crippen molar-refractivity contribution < 1.29 is 9.18 Å². The van der Waals surface area contributed by atoms with Crippen LogP contribution in [0.5, 0.6) is 0 Å². The molecule has 0 radical (unpaired) electrons. The first-order valence-corrected chi connectivity index (χ1v) is 14.7. The van der Waals surface area contributed by atoms with Gasteiger partial charge in [0, 0.05) is 51.2 Å². The van der Waals surface area contributed by atoms with Crippen molar-refractivity contribution in [2.24, 2.45) is 7.05 Å². The smallest absolute Gasteiger partial charge is 0.271 e. The molecule has 3 aromatic heterocycles. The molecule has 12 heteroatoms. The van der Waals surface area contributed by atoms with Crippen LogP contribution in [0.15, 0.2) is 60.9 Å². The predicted molar refractivity (Wildman–Crippen MR) is 172 cm³/mol. The van der Waals surface area contributed by atoms with Gasteiger partial charge >= 0.3 is 0 Å². The summed E-state index contributed by atoms with van der Waals surface area (Å²) in [7, 11) is 5.45. The summed E-state index contributed by atoms with van der Waals surface area (Å²) in [5.41, 5.74) is 4.32. The first-order chi connectivity index (χ1) is 20.9. The molecule has 1 amide bonds. The van der Waals surface area contributed by atoms with E-state index in [0.717, 1.165) is 16.8 Å². The highest BCUT2D eigenvalue weighted by atomic mass is 35.5. The van der Waals surface area contributed by atoms with Crippen molar-refractivity contribution in [2.45, 2.75) is 39.3 Å². The average molecular weight is 618 g/mol. The lowest BCUT2D eigenvalue weighted by molar-refractivity contribution is 0.0788. The SMILES string of the molecule is CN(CCN(C)c1nc(NCc2ccc(F)cc2)c2ncn(Cc3ccccc3Cl)c2n1)C(=O)c1cc(C(C)(C)C)nn1C. The van der Waals surface area contributed by atoms with Gasteiger partial charge in [0.1, 0.15) is 11.5 Å². The topological polar surface area (TPSA) is 97.0 Å². The second kappa shape index (κ2) is 12.6. The number of fused-ring (bicyclic) bond motifs is 1. The van der Waals surface area contributed by atoms with Gasteiger partial charge in [0.2, 0.25) is 5.95 Å². The van der Waals surface area contributed by atoms with Crippen LogP contribution >= 0.6 is 11.6 Å². The van der Waals surface area contributed by atoms with Gasteiger partial charge in [-0.3, -0.25) is 9.48 Å². The number of nitrogens with zero attached hydrogens (tertiary/aromatic N) is 8. The summed E-state index contributed by atoms with van der Waals surface area (Å²) in [4.78, 5) is 31.2. The van der Waals surface area contributed by atoms with Crippen LogP contribution in [-0.2, 0) is 25.6 Å². The number of rotatable bonds is 10. The molecule has 2 aromatic carbocycles.